The van der Waals surface area contributed by atoms with Crippen LogP contribution < -0.4 is 10.6 Å². The quantitative estimate of drug-likeness (QED) is 0.582. The van der Waals surface area contributed by atoms with Crippen LogP contribution in [0, 0.1) is 6.92 Å². The van der Waals surface area contributed by atoms with Gasteiger partial charge in [0.15, 0.2) is 5.65 Å². The van der Waals surface area contributed by atoms with E-state index in [0.29, 0.717) is 6.54 Å². The molecule has 3 rings (SSSR count). The summed E-state index contributed by atoms with van der Waals surface area (Å²) in [6.45, 7) is 2.49. The summed E-state index contributed by atoms with van der Waals surface area (Å²) in [6, 6.07) is 11.3. The van der Waals surface area contributed by atoms with Gasteiger partial charge in [-0.25, -0.2) is 14.3 Å². The molecule has 2 aromatic heterocycles. The van der Waals surface area contributed by atoms with Gasteiger partial charge >= 0.3 is 6.09 Å². The summed E-state index contributed by atoms with van der Waals surface area (Å²) in [5.41, 5.74) is 3.68. The predicted molar refractivity (Wildman–Crippen MR) is 104 cm³/mol. The summed E-state index contributed by atoms with van der Waals surface area (Å²) >= 11 is 0. The number of alkyl carbamates (subject to hydrolysis) is 1. The van der Waals surface area contributed by atoms with Gasteiger partial charge in [-0.1, -0.05) is 30.3 Å². The molecule has 0 fully saturated rings. The number of fused-ring (bicyclic) bond motifs is 1. The zero-order valence-corrected chi connectivity index (χ0v) is 15.7. The van der Waals surface area contributed by atoms with Crippen molar-refractivity contribution in [3.05, 3.63) is 65.6 Å². The number of hydrogen-bond donors (Lipinski definition) is 2. The van der Waals surface area contributed by atoms with Gasteiger partial charge in [0.1, 0.15) is 6.61 Å². The van der Waals surface area contributed by atoms with Gasteiger partial charge in [-0.3, -0.25) is 4.79 Å². The van der Waals surface area contributed by atoms with Crippen molar-refractivity contribution in [3.63, 3.8) is 0 Å². The van der Waals surface area contributed by atoms with E-state index in [9.17, 15) is 9.59 Å². The zero-order chi connectivity index (χ0) is 19.8. The molecule has 0 saturated carbocycles. The molecule has 146 valence electrons. The monoisotopic (exact) mass is 381 g/mol. The molecular formula is C20H23N5O3. The minimum absolute atomic E-state index is 0.117. The Morgan fingerprint density at radius 3 is 2.79 bits per heavy atom. The normalized spacial score (nSPS) is 10.6. The van der Waals surface area contributed by atoms with Crippen molar-refractivity contribution >= 4 is 17.6 Å². The first-order valence-corrected chi connectivity index (χ1v) is 9.12. The van der Waals surface area contributed by atoms with Gasteiger partial charge < -0.3 is 15.4 Å². The van der Waals surface area contributed by atoms with Crippen LogP contribution in [0.25, 0.3) is 5.65 Å². The molecule has 2 amide bonds. The van der Waals surface area contributed by atoms with Crippen LogP contribution in [0.1, 0.15) is 23.2 Å². The van der Waals surface area contributed by atoms with Gasteiger partial charge in [0, 0.05) is 25.0 Å². The molecule has 0 aliphatic carbocycles. The largest absolute Gasteiger partial charge is 0.445 e. The Kier molecular flexibility index (Phi) is 6.56. The van der Waals surface area contributed by atoms with Gasteiger partial charge in [-0.2, -0.15) is 5.10 Å². The molecule has 0 saturated heterocycles. The van der Waals surface area contributed by atoms with Crippen molar-refractivity contribution in [1.29, 1.82) is 0 Å². The number of amides is 2. The summed E-state index contributed by atoms with van der Waals surface area (Å²) < 4.78 is 6.81. The van der Waals surface area contributed by atoms with Crippen LogP contribution in [0.15, 0.2) is 48.8 Å². The Balaban J connectivity index is 1.30. The fourth-order valence-corrected chi connectivity index (χ4v) is 2.67. The summed E-state index contributed by atoms with van der Waals surface area (Å²) in [4.78, 5) is 27.8. The number of aryl methyl sites for hydroxylation is 2. The van der Waals surface area contributed by atoms with Crippen LogP contribution in [-0.4, -0.2) is 39.7 Å². The molecule has 3 aromatic rings. The van der Waals surface area contributed by atoms with Crippen molar-refractivity contribution in [3.8, 4) is 0 Å². The molecule has 8 nitrogen and oxygen atoms in total. The van der Waals surface area contributed by atoms with Crippen molar-refractivity contribution in [2.45, 2.75) is 26.4 Å². The van der Waals surface area contributed by atoms with Gasteiger partial charge in [0.05, 0.1) is 12.2 Å². The smallest absolute Gasteiger partial charge is 0.407 e. The third-order valence-corrected chi connectivity index (χ3v) is 4.06. The molecule has 0 atom stereocenters. The lowest BCUT2D eigenvalue weighted by Gasteiger charge is -2.08. The van der Waals surface area contributed by atoms with Crippen molar-refractivity contribution in [1.82, 2.24) is 25.2 Å². The zero-order valence-electron chi connectivity index (χ0n) is 15.7. The van der Waals surface area contributed by atoms with Crippen molar-refractivity contribution in [2.75, 3.05) is 13.1 Å². The van der Waals surface area contributed by atoms with Crippen LogP contribution in [0.2, 0.25) is 0 Å². The number of nitrogens with one attached hydrogen (secondary N) is 2. The highest BCUT2D eigenvalue weighted by molar-refractivity contribution is 5.82. The maximum Gasteiger partial charge on any atom is 0.407 e. The van der Waals surface area contributed by atoms with Gasteiger partial charge in [0.2, 0.25) is 5.91 Å². The van der Waals surface area contributed by atoms with E-state index in [-0.39, 0.29) is 19.1 Å². The topological polar surface area (TPSA) is 97.6 Å². The molecule has 2 heterocycles. The summed E-state index contributed by atoms with van der Waals surface area (Å²) in [7, 11) is 0. The van der Waals surface area contributed by atoms with Crippen molar-refractivity contribution in [2.24, 2.45) is 0 Å². The number of hydrogen-bond acceptors (Lipinski definition) is 5. The minimum atomic E-state index is -0.618. The van der Waals surface area contributed by atoms with Crippen LogP contribution in [0.4, 0.5) is 4.79 Å². The Hall–Kier alpha value is -3.42. The molecule has 0 aliphatic rings. The van der Waals surface area contributed by atoms with E-state index >= 15 is 0 Å². The number of benzene rings is 1. The highest BCUT2D eigenvalue weighted by atomic mass is 16.5. The first-order chi connectivity index (χ1) is 13.6. The van der Waals surface area contributed by atoms with E-state index < -0.39 is 6.09 Å². The summed E-state index contributed by atoms with van der Waals surface area (Å²) in [5, 5.41) is 9.55. The van der Waals surface area contributed by atoms with E-state index in [1.807, 2.05) is 55.7 Å². The number of carbonyl (C=O) groups excluding carboxylic acids is 2. The number of rotatable bonds is 8. The lowest BCUT2D eigenvalue weighted by molar-refractivity contribution is -0.120. The lowest BCUT2D eigenvalue weighted by Crippen LogP contribution is -2.37. The van der Waals surface area contributed by atoms with Crippen LogP contribution in [-0.2, 0) is 22.6 Å². The average Bonchev–Trinajstić information content (AvgIpc) is 3.08. The first kappa shape index (κ1) is 19.3. The second-order valence-corrected chi connectivity index (χ2v) is 6.42. The second kappa shape index (κ2) is 9.50. The average molecular weight is 381 g/mol. The van der Waals surface area contributed by atoms with Gasteiger partial charge in [-0.15, -0.1) is 0 Å². The molecule has 0 unspecified atom stereocenters. The van der Waals surface area contributed by atoms with E-state index in [4.69, 9.17) is 4.74 Å². The predicted octanol–water partition coefficient (Wildman–Crippen LogP) is 2.01. The van der Waals surface area contributed by atoms with Crippen LogP contribution >= 0.6 is 0 Å². The Morgan fingerprint density at radius 1 is 1.14 bits per heavy atom. The molecule has 0 spiro atoms. The SMILES string of the molecule is Cc1cc2ncc(CCCNC(=O)CNC(=O)OCc3ccccc3)cn2n1. The fraction of sp³-hybridized carbons (Fsp3) is 0.300. The maximum absolute atomic E-state index is 11.8. The Morgan fingerprint density at radius 2 is 1.96 bits per heavy atom. The van der Waals surface area contributed by atoms with E-state index in [1.165, 1.54) is 0 Å². The standard InChI is InChI=1S/C20H23N5O3/c1-15-10-18-22-11-17(13-25(18)24-15)8-5-9-21-19(26)12-23-20(27)28-14-16-6-3-2-4-7-16/h2-4,6-7,10-11,13H,5,8-9,12,14H2,1H3,(H,21,26)(H,23,27). The number of ether oxygens (including phenoxy) is 1. The minimum Gasteiger partial charge on any atom is -0.445 e. The maximum atomic E-state index is 11.8. The molecule has 28 heavy (non-hydrogen) atoms. The number of aromatic nitrogens is 3. The van der Waals surface area contributed by atoms with Crippen LogP contribution in [0.3, 0.4) is 0 Å². The van der Waals surface area contributed by atoms with Gasteiger partial charge in [-0.05, 0) is 30.9 Å². The number of nitrogens with zero attached hydrogens (tertiary/aromatic N) is 3. The van der Waals surface area contributed by atoms with Crippen molar-refractivity contribution < 1.29 is 14.3 Å². The molecule has 0 aliphatic heterocycles. The molecular weight excluding hydrogens is 358 g/mol. The molecule has 0 radical (unpaired) electrons. The number of carbonyl (C=O) groups is 2. The Bertz CT molecular complexity index is 939. The molecule has 2 N–H and O–H groups in total. The van der Waals surface area contributed by atoms with Crippen LogP contribution in [0.5, 0.6) is 0 Å². The Labute approximate surface area is 162 Å². The summed E-state index contributed by atoms with van der Waals surface area (Å²) in [5.74, 6) is -0.257. The molecule has 1 aromatic carbocycles. The van der Waals surface area contributed by atoms with E-state index in [0.717, 1.165) is 35.3 Å². The highest BCUT2D eigenvalue weighted by Crippen LogP contribution is 2.06. The third-order valence-electron chi connectivity index (χ3n) is 4.06. The molecule has 8 heteroatoms. The first-order valence-electron chi connectivity index (χ1n) is 9.12. The third kappa shape index (κ3) is 5.80. The summed E-state index contributed by atoms with van der Waals surface area (Å²) in [6.07, 6.45) is 4.68. The second-order valence-electron chi connectivity index (χ2n) is 6.42. The van der Waals surface area contributed by atoms with E-state index in [1.54, 1.807) is 4.52 Å². The highest BCUT2D eigenvalue weighted by Gasteiger charge is 2.06. The molecule has 0 bridgehead atoms. The fourth-order valence-electron chi connectivity index (χ4n) is 2.67. The van der Waals surface area contributed by atoms with E-state index in [2.05, 4.69) is 20.7 Å². The lowest BCUT2D eigenvalue weighted by atomic mass is 10.2. The van der Waals surface area contributed by atoms with Gasteiger partial charge in [0.25, 0.3) is 0 Å².